The lowest BCUT2D eigenvalue weighted by Gasteiger charge is -2.17. The molecular formula is C27H28N2O3. The SMILES string of the molecule is COc1ccccc1Oc1cccc(CN2CCC(NC(=O)C=Cc3ccccc3)C2)c1. The van der Waals surface area contributed by atoms with E-state index >= 15 is 0 Å². The number of carbonyl (C=O) groups is 1. The molecule has 0 aliphatic carbocycles. The zero-order valence-corrected chi connectivity index (χ0v) is 18.2. The van der Waals surface area contributed by atoms with Gasteiger partial charge in [0.25, 0.3) is 0 Å². The van der Waals surface area contributed by atoms with Gasteiger partial charge in [-0.1, -0.05) is 54.6 Å². The van der Waals surface area contributed by atoms with Crippen LogP contribution in [0.25, 0.3) is 6.08 Å². The first-order valence-electron chi connectivity index (χ1n) is 10.9. The molecule has 0 aromatic heterocycles. The number of nitrogens with zero attached hydrogens (tertiary/aromatic N) is 1. The summed E-state index contributed by atoms with van der Waals surface area (Å²) >= 11 is 0. The molecule has 32 heavy (non-hydrogen) atoms. The third-order valence-corrected chi connectivity index (χ3v) is 5.45. The predicted molar refractivity (Wildman–Crippen MR) is 127 cm³/mol. The van der Waals surface area contributed by atoms with Gasteiger partial charge in [0.05, 0.1) is 7.11 Å². The quantitative estimate of drug-likeness (QED) is 0.519. The number of nitrogens with one attached hydrogen (secondary N) is 1. The number of hydrogen-bond acceptors (Lipinski definition) is 4. The summed E-state index contributed by atoms with van der Waals surface area (Å²) in [5.41, 5.74) is 2.19. The van der Waals surface area contributed by atoms with Crippen molar-refractivity contribution < 1.29 is 14.3 Å². The highest BCUT2D eigenvalue weighted by Gasteiger charge is 2.23. The van der Waals surface area contributed by atoms with E-state index in [9.17, 15) is 4.79 Å². The number of benzene rings is 3. The second kappa shape index (κ2) is 10.6. The summed E-state index contributed by atoms with van der Waals surface area (Å²) in [5.74, 6) is 2.13. The zero-order chi connectivity index (χ0) is 22.2. The van der Waals surface area contributed by atoms with Crippen LogP contribution in [-0.4, -0.2) is 37.0 Å². The molecule has 0 saturated carbocycles. The Morgan fingerprint density at radius 3 is 2.62 bits per heavy atom. The maximum Gasteiger partial charge on any atom is 0.244 e. The lowest BCUT2D eigenvalue weighted by atomic mass is 10.2. The van der Waals surface area contributed by atoms with E-state index in [2.05, 4.69) is 22.3 Å². The first-order valence-corrected chi connectivity index (χ1v) is 10.9. The minimum atomic E-state index is -0.0482. The number of amides is 1. The van der Waals surface area contributed by atoms with Crippen molar-refractivity contribution in [1.82, 2.24) is 10.2 Å². The molecular weight excluding hydrogens is 400 g/mol. The Bertz CT molecular complexity index is 1070. The van der Waals surface area contributed by atoms with Gasteiger partial charge in [-0.05, 0) is 47.9 Å². The first kappa shape index (κ1) is 21.7. The Morgan fingerprint density at radius 2 is 1.81 bits per heavy atom. The Balaban J connectivity index is 1.29. The largest absolute Gasteiger partial charge is 0.493 e. The van der Waals surface area contributed by atoms with E-state index in [4.69, 9.17) is 9.47 Å². The highest BCUT2D eigenvalue weighted by molar-refractivity contribution is 5.91. The van der Waals surface area contributed by atoms with Crippen LogP contribution in [0.15, 0.2) is 84.9 Å². The highest BCUT2D eigenvalue weighted by atomic mass is 16.5. The van der Waals surface area contributed by atoms with E-state index in [0.29, 0.717) is 11.5 Å². The van der Waals surface area contributed by atoms with E-state index in [1.807, 2.05) is 72.8 Å². The molecule has 0 spiro atoms. The Morgan fingerprint density at radius 1 is 1.03 bits per heavy atom. The molecule has 1 saturated heterocycles. The van der Waals surface area contributed by atoms with Crippen LogP contribution in [-0.2, 0) is 11.3 Å². The Kier molecular flexibility index (Phi) is 7.20. The molecule has 0 bridgehead atoms. The van der Waals surface area contributed by atoms with Crippen molar-refractivity contribution in [3.63, 3.8) is 0 Å². The molecule has 5 nitrogen and oxygen atoms in total. The summed E-state index contributed by atoms with van der Waals surface area (Å²) in [6.45, 7) is 2.60. The van der Waals surface area contributed by atoms with Crippen molar-refractivity contribution in [2.24, 2.45) is 0 Å². The van der Waals surface area contributed by atoms with Crippen LogP contribution in [0.2, 0.25) is 0 Å². The number of hydrogen-bond donors (Lipinski definition) is 1. The molecule has 1 amide bonds. The van der Waals surface area contributed by atoms with Crippen molar-refractivity contribution in [1.29, 1.82) is 0 Å². The Hall–Kier alpha value is -3.57. The van der Waals surface area contributed by atoms with Gasteiger partial charge in [-0.25, -0.2) is 0 Å². The molecule has 1 heterocycles. The lowest BCUT2D eigenvalue weighted by Crippen LogP contribution is -2.35. The van der Waals surface area contributed by atoms with Crippen molar-refractivity contribution in [3.05, 3.63) is 96.1 Å². The van der Waals surface area contributed by atoms with E-state index in [1.165, 1.54) is 5.56 Å². The van der Waals surface area contributed by atoms with E-state index in [1.54, 1.807) is 13.2 Å². The minimum absolute atomic E-state index is 0.0482. The van der Waals surface area contributed by atoms with Gasteiger partial charge in [0.2, 0.25) is 5.91 Å². The molecule has 1 N–H and O–H groups in total. The molecule has 1 aliphatic rings. The number of methoxy groups -OCH3 is 1. The fourth-order valence-electron chi connectivity index (χ4n) is 3.88. The van der Waals surface area contributed by atoms with Gasteiger partial charge in [0.15, 0.2) is 11.5 Å². The second-order valence-electron chi connectivity index (χ2n) is 7.87. The number of ether oxygens (including phenoxy) is 2. The first-order chi connectivity index (χ1) is 15.7. The summed E-state index contributed by atoms with van der Waals surface area (Å²) in [7, 11) is 1.64. The normalized spacial score (nSPS) is 16.2. The fourth-order valence-corrected chi connectivity index (χ4v) is 3.88. The molecule has 5 heteroatoms. The summed E-state index contributed by atoms with van der Waals surface area (Å²) in [4.78, 5) is 14.6. The highest BCUT2D eigenvalue weighted by Crippen LogP contribution is 2.31. The number of carbonyl (C=O) groups excluding carboxylic acids is 1. The lowest BCUT2D eigenvalue weighted by molar-refractivity contribution is -0.117. The monoisotopic (exact) mass is 428 g/mol. The second-order valence-corrected chi connectivity index (χ2v) is 7.87. The van der Waals surface area contributed by atoms with Crippen LogP contribution >= 0.6 is 0 Å². The van der Waals surface area contributed by atoms with Gasteiger partial charge in [0, 0.05) is 31.8 Å². The molecule has 4 rings (SSSR count). The van der Waals surface area contributed by atoms with E-state index < -0.39 is 0 Å². The zero-order valence-electron chi connectivity index (χ0n) is 18.2. The van der Waals surface area contributed by atoms with Crippen LogP contribution in [0.5, 0.6) is 17.2 Å². The van der Waals surface area contributed by atoms with Crippen LogP contribution in [0, 0.1) is 0 Å². The predicted octanol–water partition coefficient (Wildman–Crippen LogP) is 4.89. The van der Waals surface area contributed by atoms with Crippen molar-refractivity contribution in [3.8, 4) is 17.2 Å². The average Bonchev–Trinajstić information content (AvgIpc) is 3.25. The molecule has 3 aromatic rings. The number of rotatable bonds is 8. The maximum atomic E-state index is 12.3. The molecule has 3 aromatic carbocycles. The third kappa shape index (κ3) is 5.99. The molecule has 1 atom stereocenters. The molecule has 164 valence electrons. The van der Waals surface area contributed by atoms with Crippen LogP contribution in [0.3, 0.4) is 0 Å². The molecule has 0 radical (unpaired) electrons. The van der Waals surface area contributed by atoms with Gasteiger partial charge in [-0.3, -0.25) is 9.69 Å². The average molecular weight is 429 g/mol. The summed E-state index contributed by atoms with van der Waals surface area (Å²) in [6, 6.07) is 25.7. The van der Waals surface area contributed by atoms with E-state index in [0.717, 1.165) is 37.4 Å². The van der Waals surface area contributed by atoms with Gasteiger partial charge < -0.3 is 14.8 Å². The third-order valence-electron chi connectivity index (χ3n) is 5.45. The Labute approximate surface area is 189 Å². The van der Waals surface area contributed by atoms with Crippen molar-refractivity contribution >= 4 is 12.0 Å². The maximum absolute atomic E-state index is 12.3. The summed E-state index contributed by atoms with van der Waals surface area (Å²) in [6.07, 6.45) is 4.40. The van der Waals surface area contributed by atoms with Gasteiger partial charge in [-0.2, -0.15) is 0 Å². The standard InChI is InChI=1S/C27H28N2O3/c1-31-25-12-5-6-13-26(25)32-24-11-7-10-22(18-24)19-29-17-16-23(20-29)28-27(30)15-14-21-8-3-2-4-9-21/h2-15,18,23H,16-17,19-20H2,1H3,(H,28,30). The smallest absolute Gasteiger partial charge is 0.244 e. The van der Waals surface area contributed by atoms with Crippen molar-refractivity contribution in [2.75, 3.05) is 20.2 Å². The van der Waals surface area contributed by atoms with Crippen LogP contribution in [0.1, 0.15) is 17.5 Å². The van der Waals surface area contributed by atoms with Crippen molar-refractivity contribution in [2.45, 2.75) is 19.0 Å². The van der Waals surface area contributed by atoms with Crippen LogP contribution in [0.4, 0.5) is 0 Å². The summed E-state index contributed by atoms with van der Waals surface area (Å²) in [5, 5.41) is 3.12. The van der Waals surface area contributed by atoms with Crippen LogP contribution < -0.4 is 14.8 Å². The van der Waals surface area contributed by atoms with E-state index in [-0.39, 0.29) is 11.9 Å². The van der Waals surface area contributed by atoms with Gasteiger partial charge in [-0.15, -0.1) is 0 Å². The number of para-hydroxylation sites is 2. The summed E-state index contributed by atoms with van der Waals surface area (Å²) < 4.78 is 11.4. The number of likely N-dealkylation sites (tertiary alicyclic amines) is 1. The molecule has 1 unspecified atom stereocenters. The minimum Gasteiger partial charge on any atom is -0.493 e. The van der Waals surface area contributed by atoms with Gasteiger partial charge >= 0.3 is 0 Å². The topological polar surface area (TPSA) is 50.8 Å². The van der Waals surface area contributed by atoms with Gasteiger partial charge in [0.1, 0.15) is 5.75 Å². The fraction of sp³-hybridized carbons (Fsp3) is 0.222. The molecule has 1 fully saturated rings. The molecule has 1 aliphatic heterocycles.